The topological polar surface area (TPSA) is 121 Å². The summed E-state index contributed by atoms with van der Waals surface area (Å²) in [5.41, 5.74) is 0. The van der Waals surface area contributed by atoms with E-state index in [1.807, 2.05) is 0 Å². The number of carbonyl (C=O) groups is 2. The van der Waals surface area contributed by atoms with Gasteiger partial charge in [-0.15, -0.1) is 0 Å². The van der Waals surface area contributed by atoms with Crippen molar-refractivity contribution in [3.05, 3.63) is 0 Å². The van der Waals surface area contributed by atoms with Crippen LogP contribution in [0.4, 0.5) is 0 Å². The molecule has 0 aromatic carbocycles. The Morgan fingerprint density at radius 1 is 0.789 bits per heavy atom. The second-order valence-corrected chi connectivity index (χ2v) is 8.06. The Bertz CT molecular complexity index is 468. The Balaban J connectivity index is 4.29. The summed E-state index contributed by atoms with van der Waals surface area (Å²) in [4.78, 5) is 21.6. The molecule has 10 heteroatoms. The van der Waals surface area contributed by atoms with E-state index in [4.69, 9.17) is 0 Å². The van der Waals surface area contributed by atoms with E-state index in [0.717, 1.165) is 14.2 Å². The average molecular weight is 316 g/mol. The van der Waals surface area contributed by atoms with Crippen LogP contribution in [0.15, 0.2) is 0 Å². The number of rotatable bonds is 8. The molecule has 0 heterocycles. The van der Waals surface area contributed by atoms with E-state index in [1.54, 1.807) is 0 Å². The van der Waals surface area contributed by atoms with Gasteiger partial charge in [0.05, 0.1) is 25.7 Å². The number of sulfone groups is 2. The summed E-state index contributed by atoms with van der Waals surface area (Å²) < 4.78 is 53.9. The summed E-state index contributed by atoms with van der Waals surface area (Å²) in [6, 6.07) is 0. The molecule has 0 N–H and O–H groups in total. The molecule has 0 amide bonds. The third-order valence-corrected chi connectivity index (χ3v) is 5.21. The molecule has 0 aliphatic rings. The minimum absolute atomic E-state index is 0.196. The van der Waals surface area contributed by atoms with E-state index in [-0.39, 0.29) is 6.42 Å². The van der Waals surface area contributed by atoms with Gasteiger partial charge in [0.2, 0.25) is 0 Å². The van der Waals surface area contributed by atoms with Gasteiger partial charge < -0.3 is 9.47 Å². The van der Waals surface area contributed by atoms with Crippen LogP contribution >= 0.6 is 0 Å². The highest BCUT2D eigenvalue weighted by atomic mass is 32.2. The molecule has 0 aliphatic heterocycles. The van der Waals surface area contributed by atoms with Crippen LogP contribution in [0.2, 0.25) is 0 Å². The van der Waals surface area contributed by atoms with Crippen molar-refractivity contribution in [2.45, 2.75) is 6.42 Å². The third kappa shape index (κ3) is 8.54. The van der Waals surface area contributed by atoms with Gasteiger partial charge in [0.25, 0.3) is 0 Å². The summed E-state index contributed by atoms with van der Waals surface area (Å²) in [5.74, 6) is -4.33. The fourth-order valence-electron chi connectivity index (χ4n) is 1.12. The van der Waals surface area contributed by atoms with Crippen molar-refractivity contribution in [1.29, 1.82) is 0 Å². The summed E-state index contributed by atoms with van der Waals surface area (Å²) in [6.45, 7) is 0. The molecule has 0 rings (SSSR count). The Labute approximate surface area is 111 Å². The van der Waals surface area contributed by atoms with Gasteiger partial charge in [0, 0.05) is 0 Å². The summed E-state index contributed by atoms with van der Waals surface area (Å²) in [6.07, 6.45) is -0.196. The minimum atomic E-state index is -3.70. The van der Waals surface area contributed by atoms with E-state index in [2.05, 4.69) is 9.47 Å². The highest BCUT2D eigenvalue weighted by Crippen LogP contribution is 2.00. The minimum Gasteiger partial charge on any atom is -0.468 e. The monoisotopic (exact) mass is 316 g/mol. The van der Waals surface area contributed by atoms with Crippen LogP contribution in [0.1, 0.15) is 6.42 Å². The maximum atomic E-state index is 11.4. The van der Waals surface area contributed by atoms with Gasteiger partial charge in [-0.2, -0.15) is 0 Å². The van der Waals surface area contributed by atoms with Crippen molar-refractivity contribution in [2.24, 2.45) is 0 Å². The first-order valence-corrected chi connectivity index (χ1v) is 8.80. The first-order valence-electron chi connectivity index (χ1n) is 5.16. The predicted molar refractivity (Wildman–Crippen MR) is 66.0 cm³/mol. The highest BCUT2D eigenvalue weighted by molar-refractivity contribution is 7.93. The first-order chi connectivity index (χ1) is 8.62. The lowest BCUT2D eigenvalue weighted by Gasteiger charge is -2.04. The van der Waals surface area contributed by atoms with Gasteiger partial charge in [-0.1, -0.05) is 0 Å². The SMILES string of the molecule is COC(=O)CS(=O)(=O)CCCS(=O)(=O)CC(=O)OC. The lowest BCUT2D eigenvalue weighted by atomic mass is 10.6. The fraction of sp³-hybridized carbons (Fsp3) is 0.778. The van der Waals surface area contributed by atoms with Crippen LogP contribution in [0, 0.1) is 0 Å². The van der Waals surface area contributed by atoms with Crippen LogP contribution in [0.25, 0.3) is 0 Å². The standard InChI is InChI=1S/C9H16O8S2/c1-16-8(10)6-18(12,13)4-3-5-19(14,15)7-9(11)17-2/h3-7H2,1-2H3. The second-order valence-electron chi connectivity index (χ2n) is 3.69. The number of esters is 2. The summed E-state index contributed by atoms with van der Waals surface area (Å²) >= 11 is 0. The van der Waals surface area contributed by atoms with Crippen LogP contribution in [-0.2, 0) is 38.7 Å². The van der Waals surface area contributed by atoms with Crippen molar-refractivity contribution < 1.29 is 35.9 Å². The molecule has 0 radical (unpaired) electrons. The highest BCUT2D eigenvalue weighted by Gasteiger charge is 2.21. The molecule has 0 aliphatic carbocycles. The van der Waals surface area contributed by atoms with Crippen molar-refractivity contribution >= 4 is 31.6 Å². The van der Waals surface area contributed by atoms with Crippen molar-refractivity contribution in [1.82, 2.24) is 0 Å². The average Bonchev–Trinajstić information content (AvgIpc) is 2.26. The zero-order chi connectivity index (χ0) is 15.1. The van der Waals surface area contributed by atoms with Gasteiger partial charge >= 0.3 is 11.9 Å². The van der Waals surface area contributed by atoms with Crippen molar-refractivity contribution in [3.8, 4) is 0 Å². The van der Waals surface area contributed by atoms with E-state index < -0.39 is 54.6 Å². The second kappa shape index (κ2) is 7.43. The molecule has 19 heavy (non-hydrogen) atoms. The van der Waals surface area contributed by atoms with Crippen LogP contribution in [0.3, 0.4) is 0 Å². The van der Waals surface area contributed by atoms with E-state index >= 15 is 0 Å². The Morgan fingerprint density at radius 2 is 1.11 bits per heavy atom. The van der Waals surface area contributed by atoms with Gasteiger partial charge in [-0.05, 0) is 6.42 Å². The molecular weight excluding hydrogens is 300 g/mol. The number of hydrogen-bond acceptors (Lipinski definition) is 8. The Morgan fingerprint density at radius 3 is 1.37 bits per heavy atom. The molecule has 0 atom stereocenters. The van der Waals surface area contributed by atoms with Crippen molar-refractivity contribution in [2.75, 3.05) is 37.2 Å². The molecule has 0 spiro atoms. The molecule has 0 aromatic rings. The molecule has 0 saturated carbocycles. The quantitative estimate of drug-likeness (QED) is 0.499. The van der Waals surface area contributed by atoms with E-state index in [1.165, 1.54) is 0 Å². The Hall–Kier alpha value is -1.16. The maximum absolute atomic E-state index is 11.4. The lowest BCUT2D eigenvalue weighted by molar-refractivity contribution is -0.138. The molecule has 0 bridgehead atoms. The van der Waals surface area contributed by atoms with Gasteiger partial charge in [-0.3, -0.25) is 9.59 Å². The maximum Gasteiger partial charge on any atom is 0.320 e. The fourth-order valence-corrected chi connectivity index (χ4v) is 3.71. The molecule has 112 valence electrons. The normalized spacial score (nSPS) is 11.9. The molecule has 0 aromatic heterocycles. The number of carbonyl (C=O) groups excluding carboxylic acids is 2. The zero-order valence-electron chi connectivity index (χ0n) is 10.6. The van der Waals surface area contributed by atoms with Crippen molar-refractivity contribution in [3.63, 3.8) is 0 Å². The number of ether oxygens (including phenoxy) is 2. The van der Waals surface area contributed by atoms with Crippen LogP contribution in [0.5, 0.6) is 0 Å². The molecule has 0 unspecified atom stereocenters. The summed E-state index contributed by atoms with van der Waals surface area (Å²) in [7, 11) is -5.30. The molecule has 8 nitrogen and oxygen atoms in total. The predicted octanol–water partition coefficient (Wildman–Crippen LogP) is -1.45. The lowest BCUT2D eigenvalue weighted by Crippen LogP contribution is -2.24. The van der Waals surface area contributed by atoms with Gasteiger partial charge in [0.15, 0.2) is 19.7 Å². The van der Waals surface area contributed by atoms with E-state index in [0.29, 0.717) is 0 Å². The smallest absolute Gasteiger partial charge is 0.320 e. The third-order valence-electron chi connectivity index (χ3n) is 2.04. The van der Waals surface area contributed by atoms with Gasteiger partial charge in [-0.25, -0.2) is 16.8 Å². The Kier molecular flexibility index (Phi) is 6.98. The number of hydrogen-bond donors (Lipinski definition) is 0. The zero-order valence-corrected chi connectivity index (χ0v) is 12.3. The van der Waals surface area contributed by atoms with Crippen LogP contribution < -0.4 is 0 Å². The number of methoxy groups -OCH3 is 2. The molecular formula is C9H16O8S2. The molecule has 0 fully saturated rings. The van der Waals surface area contributed by atoms with Crippen LogP contribution in [-0.4, -0.2) is 66.0 Å². The van der Waals surface area contributed by atoms with Gasteiger partial charge in [0.1, 0.15) is 11.5 Å². The van der Waals surface area contributed by atoms with E-state index in [9.17, 15) is 26.4 Å². The largest absolute Gasteiger partial charge is 0.468 e. The first kappa shape index (κ1) is 17.8. The molecule has 0 saturated heterocycles. The summed E-state index contributed by atoms with van der Waals surface area (Å²) in [5, 5.41) is 0.